The maximum absolute atomic E-state index is 12.3. The molecule has 144 valence electrons. The Morgan fingerprint density at radius 3 is 2.85 bits per heavy atom. The third-order valence-corrected chi connectivity index (χ3v) is 4.40. The fraction of sp³-hybridized carbons (Fsp3) is 0.421. The predicted molar refractivity (Wildman–Crippen MR) is 99.4 cm³/mol. The second-order valence-electron chi connectivity index (χ2n) is 6.33. The van der Waals surface area contributed by atoms with Crippen LogP contribution in [0.15, 0.2) is 41.3 Å². The Hall–Kier alpha value is -3.03. The zero-order valence-electron chi connectivity index (χ0n) is 15.3. The van der Waals surface area contributed by atoms with Crippen molar-refractivity contribution in [2.24, 2.45) is 0 Å². The van der Waals surface area contributed by atoms with Gasteiger partial charge in [-0.15, -0.1) is 0 Å². The molecular formula is C19H24N4O4. The number of aromatic nitrogens is 1. The van der Waals surface area contributed by atoms with Crippen LogP contribution in [-0.2, 0) is 11.3 Å². The minimum Gasteiger partial charge on any atom is -0.467 e. The highest BCUT2D eigenvalue weighted by molar-refractivity contribution is 5.94. The van der Waals surface area contributed by atoms with Crippen LogP contribution >= 0.6 is 0 Å². The highest BCUT2D eigenvalue weighted by Gasteiger charge is 2.23. The zero-order valence-corrected chi connectivity index (χ0v) is 15.3. The Kier molecular flexibility index (Phi) is 6.30. The Morgan fingerprint density at radius 1 is 1.33 bits per heavy atom. The number of carbonyl (C=O) groups excluding carboxylic acids is 2. The normalized spacial score (nSPS) is 14.6. The van der Waals surface area contributed by atoms with Crippen molar-refractivity contribution in [3.63, 3.8) is 0 Å². The fourth-order valence-corrected chi connectivity index (χ4v) is 2.98. The van der Waals surface area contributed by atoms with E-state index < -0.39 is 0 Å². The quantitative estimate of drug-likeness (QED) is 0.809. The molecule has 0 radical (unpaired) electrons. The maximum atomic E-state index is 12.3. The smallest absolute Gasteiger partial charge is 0.409 e. The molecule has 8 nitrogen and oxygen atoms in total. The van der Waals surface area contributed by atoms with Crippen LogP contribution < -0.4 is 10.6 Å². The van der Waals surface area contributed by atoms with Crippen molar-refractivity contribution in [2.75, 3.05) is 25.0 Å². The summed E-state index contributed by atoms with van der Waals surface area (Å²) >= 11 is 0. The van der Waals surface area contributed by atoms with Gasteiger partial charge in [0.05, 0.1) is 30.7 Å². The van der Waals surface area contributed by atoms with Gasteiger partial charge in [-0.1, -0.05) is 0 Å². The summed E-state index contributed by atoms with van der Waals surface area (Å²) in [6, 6.07) is 5.58. The summed E-state index contributed by atoms with van der Waals surface area (Å²) in [4.78, 5) is 29.9. The summed E-state index contributed by atoms with van der Waals surface area (Å²) in [6.07, 6.45) is 6.17. The van der Waals surface area contributed by atoms with Crippen molar-refractivity contribution in [3.8, 4) is 0 Å². The first-order chi connectivity index (χ1) is 13.2. The zero-order chi connectivity index (χ0) is 19.1. The van der Waals surface area contributed by atoms with Crippen molar-refractivity contribution in [1.82, 2.24) is 15.2 Å². The van der Waals surface area contributed by atoms with E-state index in [1.807, 2.05) is 0 Å². The molecule has 0 aliphatic carbocycles. The van der Waals surface area contributed by atoms with E-state index >= 15 is 0 Å². The van der Waals surface area contributed by atoms with Crippen LogP contribution in [0, 0.1) is 0 Å². The number of hydrogen-bond donors (Lipinski definition) is 2. The number of carbonyl (C=O) groups is 2. The molecule has 0 saturated carbocycles. The van der Waals surface area contributed by atoms with Crippen molar-refractivity contribution >= 4 is 17.7 Å². The molecule has 3 rings (SSSR count). The summed E-state index contributed by atoms with van der Waals surface area (Å²) in [5.41, 5.74) is 1.27. The topological polar surface area (TPSA) is 96.7 Å². The molecule has 2 aromatic heterocycles. The first kappa shape index (κ1) is 18.8. The van der Waals surface area contributed by atoms with E-state index in [-0.39, 0.29) is 18.0 Å². The van der Waals surface area contributed by atoms with Crippen molar-refractivity contribution in [1.29, 1.82) is 0 Å². The highest BCUT2D eigenvalue weighted by Crippen LogP contribution is 2.17. The second kappa shape index (κ2) is 9.07. The monoisotopic (exact) mass is 372 g/mol. The van der Waals surface area contributed by atoms with E-state index in [0.717, 1.165) is 18.5 Å². The summed E-state index contributed by atoms with van der Waals surface area (Å²) in [6.45, 7) is 3.81. The lowest BCUT2D eigenvalue weighted by molar-refractivity contribution is 0.0945. The Balaban J connectivity index is 1.50. The molecule has 27 heavy (non-hydrogen) atoms. The van der Waals surface area contributed by atoms with Crippen LogP contribution in [0.2, 0.25) is 0 Å². The summed E-state index contributed by atoms with van der Waals surface area (Å²) < 4.78 is 10.2. The van der Waals surface area contributed by atoms with Gasteiger partial charge in [-0.25, -0.2) is 4.79 Å². The molecule has 0 spiro atoms. The number of rotatable bonds is 6. The number of nitrogens with zero attached hydrogens (tertiary/aromatic N) is 2. The number of piperidine rings is 1. The van der Waals surface area contributed by atoms with Crippen LogP contribution in [0.25, 0.3) is 0 Å². The summed E-state index contributed by atoms with van der Waals surface area (Å²) in [5, 5.41) is 6.20. The molecule has 0 unspecified atom stereocenters. The standard InChI is InChI=1S/C19H24N4O4/c1-2-26-19(25)23-7-5-15(6-8-23)22-16-10-14(11-20-12-16)18(24)21-13-17-4-3-9-27-17/h3-4,9-12,15,22H,2,5-8,13H2,1H3,(H,21,24). The van der Waals surface area contributed by atoms with Crippen LogP contribution in [0.3, 0.4) is 0 Å². The van der Waals surface area contributed by atoms with Gasteiger partial charge < -0.3 is 24.7 Å². The number of likely N-dealkylation sites (tertiary alicyclic amines) is 1. The number of pyridine rings is 1. The number of hydrogen-bond acceptors (Lipinski definition) is 6. The first-order valence-corrected chi connectivity index (χ1v) is 9.09. The van der Waals surface area contributed by atoms with Crippen molar-refractivity contribution < 1.29 is 18.7 Å². The van der Waals surface area contributed by atoms with E-state index in [0.29, 0.717) is 37.6 Å². The number of nitrogens with one attached hydrogen (secondary N) is 2. The van der Waals surface area contributed by atoms with E-state index in [4.69, 9.17) is 9.15 Å². The summed E-state index contributed by atoms with van der Waals surface area (Å²) in [7, 11) is 0. The molecule has 2 amide bonds. The molecule has 0 bridgehead atoms. The lowest BCUT2D eigenvalue weighted by atomic mass is 10.1. The minimum absolute atomic E-state index is 0.209. The molecule has 1 aliphatic heterocycles. The van der Waals surface area contributed by atoms with E-state index in [9.17, 15) is 9.59 Å². The average Bonchev–Trinajstić information content (AvgIpc) is 3.21. The van der Waals surface area contributed by atoms with E-state index in [2.05, 4.69) is 15.6 Å². The van der Waals surface area contributed by atoms with Gasteiger partial charge in [0, 0.05) is 31.5 Å². The van der Waals surface area contributed by atoms with Crippen LogP contribution in [-0.4, -0.2) is 47.6 Å². The number of furan rings is 1. The van der Waals surface area contributed by atoms with Gasteiger partial charge in [-0.05, 0) is 38.0 Å². The SMILES string of the molecule is CCOC(=O)N1CCC(Nc2cncc(C(=O)NCc3ccco3)c2)CC1. The molecule has 2 N–H and O–H groups in total. The Labute approximate surface area is 157 Å². The largest absolute Gasteiger partial charge is 0.467 e. The van der Waals surface area contributed by atoms with Gasteiger partial charge in [-0.3, -0.25) is 9.78 Å². The van der Waals surface area contributed by atoms with Gasteiger partial charge in [0.1, 0.15) is 5.76 Å². The van der Waals surface area contributed by atoms with Crippen molar-refractivity contribution in [3.05, 3.63) is 48.2 Å². The Bertz CT molecular complexity index is 755. The second-order valence-corrected chi connectivity index (χ2v) is 6.33. The van der Waals surface area contributed by atoms with E-state index in [1.54, 1.807) is 42.5 Å². The minimum atomic E-state index is -0.257. The number of anilines is 1. The van der Waals surface area contributed by atoms with Gasteiger partial charge in [0.25, 0.3) is 5.91 Å². The maximum Gasteiger partial charge on any atom is 0.409 e. The van der Waals surface area contributed by atoms with Gasteiger partial charge >= 0.3 is 6.09 Å². The first-order valence-electron chi connectivity index (χ1n) is 9.09. The lowest BCUT2D eigenvalue weighted by Crippen LogP contribution is -2.42. The van der Waals surface area contributed by atoms with Crippen LogP contribution in [0.4, 0.5) is 10.5 Å². The van der Waals surface area contributed by atoms with Gasteiger partial charge in [0.2, 0.25) is 0 Å². The third kappa shape index (κ3) is 5.22. The lowest BCUT2D eigenvalue weighted by Gasteiger charge is -2.32. The number of ether oxygens (including phenoxy) is 1. The van der Waals surface area contributed by atoms with Gasteiger partial charge in [-0.2, -0.15) is 0 Å². The Morgan fingerprint density at radius 2 is 2.15 bits per heavy atom. The van der Waals surface area contributed by atoms with Crippen LogP contribution in [0.1, 0.15) is 35.9 Å². The number of amides is 2. The molecule has 1 aliphatic rings. The average molecular weight is 372 g/mol. The van der Waals surface area contributed by atoms with Crippen LogP contribution in [0.5, 0.6) is 0 Å². The molecule has 1 fully saturated rings. The molecular weight excluding hydrogens is 348 g/mol. The van der Waals surface area contributed by atoms with Gasteiger partial charge in [0.15, 0.2) is 0 Å². The predicted octanol–water partition coefficient (Wildman–Crippen LogP) is 2.64. The third-order valence-electron chi connectivity index (χ3n) is 4.40. The molecule has 0 aromatic carbocycles. The van der Waals surface area contributed by atoms with Crippen molar-refractivity contribution in [2.45, 2.75) is 32.4 Å². The molecule has 8 heteroatoms. The fourth-order valence-electron chi connectivity index (χ4n) is 2.98. The molecule has 1 saturated heterocycles. The molecule has 0 atom stereocenters. The molecule has 2 aromatic rings. The molecule has 3 heterocycles. The van der Waals surface area contributed by atoms with E-state index in [1.165, 1.54) is 6.20 Å². The summed E-state index contributed by atoms with van der Waals surface area (Å²) in [5.74, 6) is 0.485. The highest BCUT2D eigenvalue weighted by atomic mass is 16.6.